The highest BCUT2D eigenvalue weighted by atomic mass is 35.5. The van der Waals surface area contributed by atoms with Crippen molar-refractivity contribution in [1.29, 1.82) is 0 Å². The van der Waals surface area contributed by atoms with Crippen molar-refractivity contribution in [2.45, 2.75) is 13.5 Å². The number of furan rings is 1. The predicted molar refractivity (Wildman–Crippen MR) is 140 cm³/mol. The molecule has 0 spiro atoms. The number of nitrogens with one attached hydrogen (secondary N) is 1. The van der Waals surface area contributed by atoms with Crippen LogP contribution in [0.1, 0.15) is 33.4 Å². The van der Waals surface area contributed by atoms with Crippen LogP contribution in [0.4, 0.5) is 5.69 Å². The van der Waals surface area contributed by atoms with Gasteiger partial charge in [-0.3, -0.25) is 4.79 Å². The van der Waals surface area contributed by atoms with Crippen LogP contribution in [0.25, 0.3) is 11.0 Å². The number of hydrogen-bond donors (Lipinski definition) is 1. The molecule has 10 heteroatoms. The van der Waals surface area contributed by atoms with Crippen LogP contribution >= 0.6 is 11.6 Å². The lowest BCUT2D eigenvalue weighted by atomic mass is 10.1. The summed E-state index contributed by atoms with van der Waals surface area (Å²) in [4.78, 5) is 37.8. The summed E-state index contributed by atoms with van der Waals surface area (Å²) in [5, 5.41) is 3.64. The van der Waals surface area contributed by atoms with Gasteiger partial charge in [-0.2, -0.15) is 0 Å². The summed E-state index contributed by atoms with van der Waals surface area (Å²) in [5.41, 5.74) is 1.43. The van der Waals surface area contributed by atoms with Crippen molar-refractivity contribution >= 4 is 46.1 Å². The molecule has 9 nitrogen and oxygen atoms in total. The molecule has 0 aliphatic rings. The molecule has 3 aromatic carbocycles. The number of methoxy groups -OCH3 is 1. The Morgan fingerprint density at radius 1 is 0.921 bits per heavy atom. The van der Waals surface area contributed by atoms with Crippen LogP contribution in [0.15, 0.2) is 71.1 Å². The van der Waals surface area contributed by atoms with Crippen molar-refractivity contribution in [2.24, 2.45) is 0 Å². The molecule has 196 valence electrons. The summed E-state index contributed by atoms with van der Waals surface area (Å²) in [5.74, 6) is -1.21. The Balaban J connectivity index is 1.44. The molecule has 0 bridgehead atoms. The number of ether oxygens (including phenoxy) is 4. The van der Waals surface area contributed by atoms with Gasteiger partial charge in [-0.05, 0) is 43.3 Å². The second kappa shape index (κ2) is 12.2. The summed E-state index contributed by atoms with van der Waals surface area (Å²) in [7, 11) is 1.49. The molecule has 1 heterocycles. The number of benzene rings is 3. The zero-order valence-corrected chi connectivity index (χ0v) is 21.4. The minimum Gasteiger partial charge on any atom is -0.495 e. The van der Waals surface area contributed by atoms with Gasteiger partial charge in [0.05, 0.1) is 24.3 Å². The van der Waals surface area contributed by atoms with Gasteiger partial charge in [-0.1, -0.05) is 41.9 Å². The molecule has 4 aromatic rings. The number of amides is 1. The van der Waals surface area contributed by atoms with Crippen molar-refractivity contribution in [3.05, 3.63) is 88.6 Å². The summed E-state index contributed by atoms with van der Waals surface area (Å²) < 4.78 is 27.0. The summed E-state index contributed by atoms with van der Waals surface area (Å²) in [6.07, 6.45) is 0. The van der Waals surface area contributed by atoms with E-state index in [9.17, 15) is 14.4 Å². The Labute approximate surface area is 223 Å². The Kier molecular flexibility index (Phi) is 8.50. The monoisotopic (exact) mass is 537 g/mol. The topological polar surface area (TPSA) is 113 Å². The van der Waals surface area contributed by atoms with Gasteiger partial charge in [0.2, 0.25) is 5.76 Å². The lowest BCUT2D eigenvalue weighted by Gasteiger charge is -2.12. The zero-order valence-electron chi connectivity index (χ0n) is 20.6. The number of esters is 2. The molecule has 0 aliphatic carbocycles. The summed E-state index contributed by atoms with van der Waals surface area (Å²) in [6.45, 7) is 1.24. The number of para-hydroxylation sites is 2. The van der Waals surface area contributed by atoms with Crippen molar-refractivity contribution in [3.63, 3.8) is 0 Å². The highest BCUT2D eigenvalue weighted by Crippen LogP contribution is 2.29. The summed E-state index contributed by atoms with van der Waals surface area (Å²) in [6, 6.07) is 18.2. The van der Waals surface area contributed by atoms with E-state index in [0.29, 0.717) is 33.0 Å². The first-order valence-electron chi connectivity index (χ1n) is 11.6. The third-order valence-corrected chi connectivity index (χ3v) is 5.70. The second-order valence-electron chi connectivity index (χ2n) is 7.88. The molecule has 1 N–H and O–H groups in total. The molecule has 1 aromatic heterocycles. The van der Waals surface area contributed by atoms with E-state index < -0.39 is 17.8 Å². The molecule has 1 amide bonds. The molecule has 0 unspecified atom stereocenters. The highest BCUT2D eigenvalue weighted by Gasteiger charge is 2.24. The fourth-order valence-corrected chi connectivity index (χ4v) is 3.92. The maximum Gasteiger partial charge on any atom is 0.374 e. The van der Waals surface area contributed by atoms with Gasteiger partial charge in [-0.15, -0.1) is 0 Å². The van der Waals surface area contributed by atoms with E-state index in [4.69, 9.17) is 35.0 Å². The van der Waals surface area contributed by atoms with Crippen LogP contribution in [0.3, 0.4) is 0 Å². The van der Waals surface area contributed by atoms with Crippen LogP contribution in [0.2, 0.25) is 5.02 Å². The van der Waals surface area contributed by atoms with Gasteiger partial charge < -0.3 is 28.7 Å². The van der Waals surface area contributed by atoms with E-state index in [2.05, 4.69) is 5.32 Å². The van der Waals surface area contributed by atoms with Gasteiger partial charge in [0.15, 0.2) is 6.61 Å². The third kappa shape index (κ3) is 6.07. The van der Waals surface area contributed by atoms with E-state index in [0.717, 1.165) is 0 Å². The van der Waals surface area contributed by atoms with Crippen LogP contribution in [-0.4, -0.2) is 38.2 Å². The molecule has 0 aliphatic heterocycles. The Hall–Kier alpha value is -4.50. The Morgan fingerprint density at radius 2 is 1.68 bits per heavy atom. The SMILES string of the molecule is CCOC(=O)c1oc2ccccc2c1COC(=O)c1ccccc1OCC(=O)Nc1ccc(OC)c(Cl)c1. The average Bonchev–Trinajstić information content (AvgIpc) is 3.30. The maximum atomic E-state index is 13.0. The van der Waals surface area contributed by atoms with Crippen molar-refractivity contribution in [1.82, 2.24) is 0 Å². The number of anilines is 1. The van der Waals surface area contributed by atoms with Crippen molar-refractivity contribution < 1.29 is 37.7 Å². The van der Waals surface area contributed by atoms with Gasteiger partial charge in [0.1, 0.15) is 29.3 Å². The number of rotatable bonds is 10. The molecule has 0 saturated carbocycles. The van der Waals surface area contributed by atoms with Gasteiger partial charge >= 0.3 is 11.9 Å². The quantitative estimate of drug-likeness (QED) is 0.258. The van der Waals surface area contributed by atoms with E-state index in [1.807, 2.05) is 0 Å². The van der Waals surface area contributed by atoms with Gasteiger partial charge in [-0.25, -0.2) is 9.59 Å². The highest BCUT2D eigenvalue weighted by molar-refractivity contribution is 6.32. The molecular weight excluding hydrogens is 514 g/mol. The lowest BCUT2D eigenvalue weighted by molar-refractivity contribution is -0.118. The van der Waals surface area contributed by atoms with E-state index >= 15 is 0 Å². The third-order valence-electron chi connectivity index (χ3n) is 5.41. The molecule has 0 atom stereocenters. The summed E-state index contributed by atoms with van der Waals surface area (Å²) >= 11 is 6.09. The lowest BCUT2D eigenvalue weighted by Crippen LogP contribution is -2.21. The minimum absolute atomic E-state index is 0.0271. The van der Waals surface area contributed by atoms with Crippen molar-refractivity contribution in [3.8, 4) is 11.5 Å². The first-order chi connectivity index (χ1) is 18.4. The van der Waals surface area contributed by atoms with Crippen LogP contribution in [0.5, 0.6) is 11.5 Å². The number of hydrogen-bond acceptors (Lipinski definition) is 8. The first-order valence-corrected chi connectivity index (χ1v) is 12.0. The fourth-order valence-electron chi connectivity index (χ4n) is 3.66. The van der Waals surface area contributed by atoms with Crippen LogP contribution in [-0.2, 0) is 20.9 Å². The maximum absolute atomic E-state index is 13.0. The van der Waals surface area contributed by atoms with Crippen LogP contribution < -0.4 is 14.8 Å². The smallest absolute Gasteiger partial charge is 0.374 e. The van der Waals surface area contributed by atoms with Crippen molar-refractivity contribution in [2.75, 3.05) is 25.6 Å². The normalized spacial score (nSPS) is 10.6. The predicted octanol–water partition coefficient (Wildman–Crippen LogP) is 5.65. The average molecular weight is 538 g/mol. The molecule has 4 rings (SSSR count). The number of halogens is 1. The molecule has 0 radical (unpaired) electrons. The fraction of sp³-hybridized carbons (Fsp3) is 0.179. The minimum atomic E-state index is -0.706. The molecule has 0 saturated heterocycles. The van der Waals surface area contributed by atoms with E-state index in [-0.39, 0.29) is 36.9 Å². The zero-order chi connectivity index (χ0) is 27.1. The van der Waals surface area contributed by atoms with E-state index in [1.165, 1.54) is 13.2 Å². The van der Waals surface area contributed by atoms with Gasteiger partial charge in [0.25, 0.3) is 5.91 Å². The standard InChI is InChI=1S/C28H24ClNO8/c1-3-35-28(33)26-20(18-8-4-7-11-23(18)38-26)15-37-27(32)19-9-5-6-10-22(19)36-16-25(31)30-17-12-13-24(34-2)21(29)14-17/h4-14H,3,15-16H2,1-2H3,(H,30,31). The Bertz CT molecular complexity index is 1480. The van der Waals surface area contributed by atoms with E-state index in [1.54, 1.807) is 67.6 Å². The largest absolute Gasteiger partial charge is 0.495 e. The molecule has 38 heavy (non-hydrogen) atoms. The molecule has 0 fully saturated rings. The van der Waals surface area contributed by atoms with Crippen LogP contribution in [0, 0.1) is 0 Å². The first kappa shape index (κ1) is 26.6. The second-order valence-corrected chi connectivity index (χ2v) is 8.29. The number of carbonyl (C=O) groups excluding carboxylic acids is 3. The molecular formula is C28H24ClNO8. The number of fused-ring (bicyclic) bond motifs is 1. The Morgan fingerprint density at radius 3 is 2.45 bits per heavy atom. The van der Waals surface area contributed by atoms with Gasteiger partial charge in [0, 0.05) is 11.1 Å². The number of carbonyl (C=O) groups is 3.